The SMILES string of the molecule is O=C(O)C1(c2cc(F)cc(OCC3CCC3)c2)CC1. The summed E-state index contributed by atoms with van der Waals surface area (Å²) in [5.41, 5.74) is -0.347. The standard InChI is InChI=1S/C15H17FO3/c16-12-6-11(15(4-5-15)14(17)18)7-13(8-12)19-9-10-2-1-3-10/h6-8,10H,1-5,9H2,(H,17,18). The summed E-state index contributed by atoms with van der Waals surface area (Å²) in [5.74, 6) is -0.271. The number of aliphatic carboxylic acids is 1. The van der Waals surface area contributed by atoms with Gasteiger partial charge in [-0.3, -0.25) is 4.79 Å². The molecule has 102 valence electrons. The van der Waals surface area contributed by atoms with Crippen molar-refractivity contribution in [3.63, 3.8) is 0 Å². The lowest BCUT2D eigenvalue weighted by molar-refractivity contribution is -0.140. The van der Waals surface area contributed by atoms with E-state index in [0.717, 1.165) is 0 Å². The van der Waals surface area contributed by atoms with Gasteiger partial charge in [0.2, 0.25) is 0 Å². The highest BCUT2D eigenvalue weighted by Gasteiger charge is 2.52. The van der Waals surface area contributed by atoms with Gasteiger partial charge in [-0.2, -0.15) is 0 Å². The second-order valence-electron chi connectivity index (χ2n) is 5.67. The van der Waals surface area contributed by atoms with Crippen molar-refractivity contribution >= 4 is 5.97 Å². The van der Waals surface area contributed by atoms with Gasteiger partial charge in [0.05, 0.1) is 12.0 Å². The fourth-order valence-corrected chi connectivity index (χ4v) is 2.55. The van der Waals surface area contributed by atoms with Gasteiger partial charge < -0.3 is 9.84 Å². The zero-order valence-corrected chi connectivity index (χ0v) is 10.7. The van der Waals surface area contributed by atoms with Crippen molar-refractivity contribution in [2.75, 3.05) is 6.61 Å². The topological polar surface area (TPSA) is 46.5 Å². The summed E-state index contributed by atoms with van der Waals surface area (Å²) < 4.78 is 19.2. The van der Waals surface area contributed by atoms with Crippen LogP contribution in [0.1, 0.15) is 37.7 Å². The molecule has 2 aliphatic carbocycles. The van der Waals surface area contributed by atoms with E-state index in [1.165, 1.54) is 31.4 Å². The van der Waals surface area contributed by atoms with E-state index in [9.17, 15) is 14.3 Å². The fraction of sp³-hybridized carbons (Fsp3) is 0.533. The molecule has 0 spiro atoms. The molecule has 0 aromatic heterocycles. The number of carboxylic acid groups (broad SMARTS) is 1. The summed E-state index contributed by atoms with van der Waals surface area (Å²) >= 11 is 0. The lowest BCUT2D eigenvalue weighted by atomic mass is 9.86. The van der Waals surface area contributed by atoms with Gasteiger partial charge >= 0.3 is 5.97 Å². The molecule has 2 aliphatic rings. The fourth-order valence-electron chi connectivity index (χ4n) is 2.55. The van der Waals surface area contributed by atoms with Crippen molar-refractivity contribution in [2.45, 2.75) is 37.5 Å². The number of hydrogen-bond donors (Lipinski definition) is 1. The van der Waals surface area contributed by atoms with E-state index in [0.29, 0.717) is 36.7 Å². The Balaban J connectivity index is 1.77. The highest BCUT2D eigenvalue weighted by molar-refractivity contribution is 5.85. The molecule has 0 saturated heterocycles. The zero-order chi connectivity index (χ0) is 13.5. The van der Waals surface area contributed by atoms with Crippen LogP contribution >= 0.6 is 0 Å². The Morgan fingerprint density at radius 1 is 1.37 bits per heavy atom. The van der Waals surface area contributed by atoms with E-state index >= 15 is 0 Å². The van der Waals surface area contributed by atoms with Gasteiger partial charge in [-0.15, -0.1) is 0 Å². The average Bonchev–Trinajstić information content (AvgIpc) is 3.07. The molecule has 1 aromatic rings. The maximum atomic E-state index is 13.6. The van der Waals surface area contributed by atoms with Gasteiger partial charge in [0.15, 0.2) is 0 Å². The van der Waals surface area contributed by atoms with Crippen LogP contribution in [0.25, 0.3) is 0 Å². The number of ether oxygens (including phenoxy) is 1. The Bertz CT molecular complexity index is 504. The predicted molar refractivity (Wildman–Crippen MR) is 67.8 cm³/mol. The Hall–Kier alpha value is -1.58. The lowest BCUT2D eigenvalue weighted by Gasteiger charge is -2.25. The van der Waals surface area contributed by atoms with Crippen molar-refractivity contribution in [1.29, 1.82) is 0 Å². The minimum absolute atomic E-state index is 0.423. The van der Waals surface area contributed by atoms with Crippen LogP contribution in [0.15, 0.2) is 18.2 Å². The van der Waals surface area contributed by atoms with Crippen LogP contribution < -0.4 is 4.74 Å². The zero-order valence-electron chi connectivity index (χ0n) is 10.7. The number of halogens is 1. The van der Waals surface area contributed by atoms with Crippen LogP contribution in [0.2, 0.25) is 0 Å². The van der Waals surface area contributed by atoms with Gasteiger partial charge in [0, 0.05) is 6.07 Å². The summed E-state index contributed by atoms with van der Waals surface area (Å²) in [6.45, 7) is 0.600. The molecule has 0 amide bonds. The number of carbonyl (C=O) groups is 1. The first-order chi connectivity index (χ1) is 9.10. The molecule has 4 heteroatoms. The summed E-state index contributed by atoms with van der Waals surface area (Å²) in [5, 5.41) is 9.24. The van der Waals surface area contributed by atoms with Gasteiger partial charge in [0.1, 0.15) is 11.6 Å². The molecule has 0 atom stereocenters. The molecule has 2 saturated carbocycles. The molecular weight excluding hydrogens is 247 g/mol. The van der Waals surface area contributed by atoms with Crippen LogP contribution in [-0.4, -0.2) is 17.7 Å². The molecule has 0 radical (unpaired) electrons. The monoisotopic (exact) mass is 264 g/mol. The molecule has 0 unspecified atom stereocenters. The number of rotatable bonds is 5. The van der Waals surface area contributed by atoms with Crippen LogP contribution in [0.3, 0.4) is 0 Å². The Labute approximate surface area is 111 Å². The van der Waals surface area contributed by atoms with E-state index < -0.39 is 17.2 Å². The van der Waals surface area contributed by atoms with Crippen LogP contribution in [0.5, 0.6) is 5.75 Å². The molecule has 0 aliphatic heterocycles. The van der Waals surface area contributed by atoms with Crippen molar-refractivity contribution < 1.29 is 19.0 Å². The van der Waals surface area contributed by atoms with Crippen molar-refractivity contribution in [3.05, 3.63) is 29.6 Å². The molecular formula is C15H17FO3. The largest absolute Gasteiger partial charge is 0.493 e. The molecule has 1 aromatic carbocycles. The van der Waals surface area contributed by atoms with Crippen LogP contribution in [0.4, 0.5) is 4.39 Å². The molecule has 0 bridgehead atoms. The van der Waals surface area contributed by atoms with Crippen molar-refractivity contribution in [3.8, 4) is 5.75 Å². The van der Waals surface area contributed by atoms with E-state index in [4.69, 9.17) is 4.74 Å². The van der Waals surface area contributed by atoms with Crippen LogP contribution in [0, 0.1) is 11.7 Å². The molecule has 2 fully saturated rings. The first-order valence-corrected chi connectivity index (χ1v) is 6.77. The van der Waals surface area contributed by atoms with Crippen molar-refractivity contribution in [2.24, 2.45) is 5.92 Å². The minimum Gasteiger partial charge on any atom is -0.493 e. The number of carboxylic acids is 1. The summed E-state index contributed by atoms with van der Waals surface area (Å²) in [7, 11) is 0. The second-order valence-corrected chi connectivity index (χ2v) is 5.67. The van der Waals surface area contributed by atoms with E-state index in [-0.39, 0.29) is 0 Å². The first-order valence-electron chi connectivity index (χ1n) is 6.77. The third-order valence-electron chi connectivity index (χ3n) is 4.29. The summed E-state index contributed by atoms with van der Waals surface area (Å²) in [4.78, 5) is 11.3. The van der Waals surface area contributed by atoms with Crippen molar-refractivity contribution in [1.82, 2.24) is 0 Å². The molecule has 1 N–H and O–H groups in total. The van der Waals surface area contributed by atoms with Gasteiger partial charge in [0.25, 0.3) is 0 Å². The lowest BCUT2D eigenvalue weighted by Crippen LogP contribution is -2.21. The van der Waals surface area contributed by atoms with Crippen LogP contribution in [-0.2, 0) is 10.2 Å². The Kier molecular flexibility index (Phi) is 2.96. The molecule has 19 heavy (non-hydrogen) atoms. The Morgan fingerprint density at radius 3 is 2.63 bits per heavy atom. The van der Waals surface area contributed by atoms with E-state index in [1.54, 1.807) is 6.07 Å². The number of hydrogen-bond acceptors (Lipinski definition) is 2. The minimum atomic E-state index is -0.878. The maximum absolute atomic E-state index is 13.6. The highest BCUT2D eigenvalue weighted by atomic mass is 19.1. The summed E-state index contributed by atoms with van der Waals surface area (Å²) in [6.07, 6.45) is 4.73. The quantitative estimate of drug-likeness (QED) is 0.888. The Morgan fingerprint density at radius 2 is 2.11 bits per heavy atom. The normalized spacial score (nSPS) is 20.7. The van der Waals surface area contributed by atoms with E-state index in [1.807, 2.05) is 0 Å². The predicted octanol–water partition coefficient (Wildman–Crippen LogP) is 3.12. The molecule has 3 nitrogen and oxygen atoms in total. The maximum Gasteiger partial charge on any atom is 0.314 e. The first kappa shape index (κ1) is 12.5. The highest BCUT2D eigenvalue weighted by Crippen LogP contribution is 2.49. The van der Waals surface area contributed by atoms with Gasteiger partial charge in [-0.25, -0.2) is 4.39 Å². The second kappa shape index (κ2) is 4.51. The average molecular weight is 264 g/mol. The third-order valence-corrected chi connectivity index (χ3v) is 4.29. The smallest absolute Gasteiger partial charge is 0.314 e. The van der Waals surface area contributed by atoms with E-state index in [2.05, 4.69) is 0 Å². The van der Waals surface area contributed by atoms with Gasteiger partial charge in [-0.05, 0) is 49.3 Å². The third kappa shape index (κ3) is 2.31. The summed E-state index contributed by atoms with van der Waals surface area (Å²) in [6, 6.07) is 4.33. The number of benzene rings is 1. The molecule has 0 heterocycles. The van der Waals surface area contributed by atoms with Gasteiger partial charge in [-0.1, -0.05) is 6.42 Å². The molecule has 3 rings (SSSR count).